The number of hydrogen-bond acceptors (Lipinski definition) is 5. The van der Waals surface area contributed by atoms with E-state index in [1.165, 1.54) is 9.40 Å². The maximum atomic E-state index is 11.1. The molecule has 0 aliphatic carbocycles. The molecule has 3 heterocycles. The number of carboxylic acid groups (broad SMARTS) is 1. The first-order valence-electron chi connectivity index (χ1n) is 5.89. The molecule has 0 spiro atoms. The van der Waals surface area contributed by atoms with Gasteiger partial charge in [0.05, 0.1) is 10.6 Å². The molecule has 1 N–H and O–H groups in total. The third-order valence-corrected chi connectivity index (χ3v) is 4.81. The minimum absolute atomic E-state index is 0.0337. The molecule has 0 aliphatic rings. The van der Waals surface area contributed by atoms with Crippen molar-refractivity contribution in [1.29, 1.82) is 0 Å². The highest BCUT2D eigenvalue weighted by Gasteiger charge is 2.20. The fourth-order valence-corrected chi connectivity index (χ4v) is 3.94. The number of carbonyl (C=O) groups is 1. The normalized spacial score (nSPS) is 11.2. The van der Waals surface area contributed by atoms with Crippen molar-refractivity contribution in [1.82, 2.24) is 4.98 Å². The standard InChI is InChI=1S/C13H11NO3S2/c1-2-3-7-11(13(15)16)17-12(14-7)10-6-9-8(19-10)4-5-18-9/h4-6H,2-3H2,1H3,(H,15,16). The predicted octanol–water partition coefficient (Wildman–Crippen LogP) is 4.27. The number of carboxylic acids is 1. The molecule has 0 radical (unpaired) electrons. The van der Waals surface area contributed by atoms with Gasteiger partial charge in [0.25, 0.3) is 0 Å². The molecule has 0 unspecified atom stereocenters. The molecule has 0 saturated carbocycles. The summed E-state index contributed by atoms with van der Waals surface area (Å²) in [4.78, 5) is 16.4. The topological polar surface area (TPSA) is 63.3 Å². The van der Waals surface area contributed by atoms with Gasteiger partial charge in [-0.25, -0.2) is 9.78 Å². The van der Waals surface area contributed by atoms with Gasteiger partial charge in [0.15, 0.2) is 0 Å². The average molecular weight is 293 g/mol. The van der Waals surface area contributed by atoms with Crippen molar-refractivity contribution in [3.63, 3.8) is 0 Å². The average Bonchev–Trinajstić information content (AvgIpc) is 2.99. The highest BCUT2D eigenvalue weighted by Crippen LogP contribution is 2.36. The van der Waals surface area contributed by atoms with Gasteiger partial charge in [-0.2, -0.15) is 0 Å². The van der Waals surface area contributed by atoms with Crippen molar-refractivity contribution < 1.29 is 14.3 Å². The first kappa shape index (κ1) is 12.4. The number of nitrogens with zero attached hydrogens (tertiary/aromatic N) is 1. The van der Waals surface area contributed by atoms with Crippen LogP contribution in [0, 0.1) is 0 Å². The van der Waals surface area contributed by atoms with Crippen LogP contribution in [0.25, 0.3) is 20.2 Å². The van der Waals surface area contributed by atoms with E-state index in [2.05, 4.69) is 4.98 Å². The lowest BCUT2D eigenvalue weighted by Crippen LogP contribution is -1.99. The summed E-state index contributed by atoms with van der Waals surface area (Å²) < 4.78 is 7.76. The summed E-state index contributed by atoms with van der Waals surface area (Å²) in [6.07, 6.45) is 1.46. The second kappa shape index (κ2) is 4.79. The van der Waals surface area contributed by atoms with Crippen molar-refractivity contribution >= 4 is 38.0 Å². The van der Waals surface area contributed by atoms with E-state index in [1.54, 1.807) is 22.7 Å². The zero-order chi connectivity index (χ0) is 13.4. The van der Waals surface area contributed by atoms with Crippen molar-refractivity contribution in [2.24, 2.45) is 0 Å². The zero-order valence-electron chi connectivity index (χ0n) is 10.2. The second-order valence-electron chi connectivity index (χ2n) is 4.11. The Morgan fingerprint density at radius 2 is 2.32 bits per heavy atom. The van der Waals surface area contributed by atoms with Crippen LogP contribution in [0.4, 0.5) is 0 Å². The number of aryl methyl sites for hydroxylation is 1. The second-order valence-corrected chi connectivity index (χ2v) is 6.14. The molecule has 0 atom stereocenters. The van der Waals surface area contributed by atoms with E-state index in [0.29, 0.717) is 18.0 Å². The van der Waals surface area contributed by atoms with Gasteiger partial charge in [-0.3, -0.25) is 0 Å². The summed E-state index contributed by atoms with van der Waals surface area (Å²) in [5, 5.41) is 11.2. The van der Waals surface area contributed by atoms with Crippen LogP contribution < -0.4 is 0 Å². The van der Waals surface area contributed by atoms with Crippen LogP contribution in [0.5, 0.6) is 0 Å². The van der Waals surface area contributed by atoms with E-state index in [0.717, 1.165) is 11.3 Å². The molecule has 19 heavy (non-hydrogen) atoms. The molecule has 6 heteroatoms. The van der Waals surface area contributed by atoms with Crippen LogP contribution in [0.1, 0.15) is 29.6 Å². The van der Waals surface area contributed by atoms with E-state index in [-0.39, 0.29) is 5.76 Å². The maximum absolute atomic E-state index is 11.1. The van der Waals surface area contributed by atoms with Crippen LogP contribution >= 0.6 is 22.7 Å². The minimum atomic E-state index is -1.06. The summed E-state index contributed by atoms with van der Waals surface area (Å²) >= 11 is 3.23. The quantitative estimate of drug-likeness (QED) is 0.780. The largest absolute Gasteiger partial charge is 0.475 e. The number of aromatic nitrogens is 1. The number of hydrogen-bond donors (Lipinski definition) is 1. The first-order chi connectivity index (χ1) is 9.19. The van der Waals surface area contributed by atoms with Gasteiger partial charge in [-0.05, 0) is 23.9 Å². The van der Waals surface area contributed by atoms with Crippen LogP contribution in [-0.4, -0.2) is 16.1 Å². The Kier molecular flexibility index (Phi) is 3.12. The van der Waals surface area contributed by atoms with Gasteiger partial charge in [0.1, 0.15) is 0 Å². The van der Waals surface area contributed by atoms with E-state index in [9.17, 15) is 4.79 Å². The number of fused-ring (bicyclic) bond motifs is 1. The molecule has 0 aromatic carbocycles. The van der Waals surface area contributed by atoms with Gasteiger partial charge < -0.3 is 9.52 Å². The number of oxazole rings is 1. The van der Waals surface area contributed by atoms with Crippen LogP contribution in [-0.2, 0) is 6.42 Å². The summed E-state index contributed by atoms with van der Waals surface area (Å²) in [5.41, 5.74) is 0.529. The number of aromatic carboxylic acids is 1. The lowest BCUT2D eigenvalue weighted by molar-refractivity contribution is 0.0662. The van der Waals surface area contributed by atoms with Gasteiger partial charge >= 0.3 is 5.97 Å². The van der Waals surface area contributed by atoms with E-state index >= 15 is 0 Å². The minimum Gasteiger partial charge on any atom is -0.475 e. The Balaban J connectivity index is 2.07. The molecule has 3 aromatic rings. The van der Waals surface area contributed by atoms with Crippen molar-refractivity contribution in [3.8, 4) is 10.8 Å². The van der Waals surface area contributed by atoms with Gasteiger partial charge in [-0.1, -0.05) is 13.3 Å². The van der Waals surface area contributed by atoms with Crippen molar-refractivity contribution in [3.05, 3.63) is 29.0 Å². The van der Waals surface area contributed by atoms with Crippen LogP contribution in [0.15, 0.2) is 21.9 Å². The Labute approximate surface area is 117 Å². The van der Waals surface area contributed by atoms with Crippen LogP contribution in [0.2, 0.25) is 0 Å². The van der Waals surface area contributed by atoms with Crippen molar-refractivity contribution in [2.75, 3.05) is 0 Å². The molecule has 3 aromatic heterocycles. The molecular weight excluding hydrogens is 282 g/mol. The molecule has 0 bridgehead atoms. The SMILES string of the molecule is CCCc1nc(-c2cc3sccc3s2)oc1C(=O)O. The lowest BCUT2D eigenvalue weighted by atomic mass is 10.2. The molecule has 0 aliphatic heterocycles. The van der Waals surface area contributed by atoms with Crippen LogP contribution in [0.3, 0.4) is 0 Å². The van der Waals surface area contributed by atoms with E-state index in [1.807, 2.05) is 24.4 Å². The smallest absolute Gasteiger partial charge is 0.373 e. The number of thiophene rings is 2. The Hall–Kier alpha value is -1.66. The van der Waals surface area contributed by atoms with E-state index in [4.69, 9.17) is 9.52 Å². The van der Waals surface area contributed by atoms with Crippen molar-refractivity contribution in [2.45, 2.75) is 19.8 Å². The van der Waals surface area contributed by atoms with Gasteiger partial charge in [0.2, 0.25) is 11.7 Å². The molecule has 0 fully saturated rings. The molecular formula is C13H11NO3S2. The van der Waals surface area contributed by atoms with E-state index < -0.39 is 5.97 Å². The lowest BCUT2D eigenvalue weighted by Gasteiger charge is -1.91. The third kappa shape index (κ3) is 2.17. The molecule has 4 nitrogen and oxygen atoms in total. The summed E-state index contributed by atoms with van der Waals surface area (Å²) in [7, 11) is 0. The highest BCUT2D eigenvalue weighted by atomic mass is 32.1. The zero-order valence-corrected chi connectivity index (χ0v) is 11.8. The predicted molar refractivity (Wildman–Crippen MR) is 76.2 cm³/mol. The third-order valence-electron chi connectivity index (χ3n) is 2.73. The maximum Gasteiger partial charge on any atom is 0.373 e. The molecule has 0 saturated heterocycles. The fourth-order valence-electron chi connectivity index (χ4n) is 1.90. The molecule has 3 rings (SSSR count). The number of rotatable bonds is 4. The fraction of sp³-hybridized carbons (Fsp3) is 0.231. The Bertz CT molecular complexity index is 710. The summed E-state index contributed by atoms with van der Waals surface area (Å²) in [6, 6.07) is 4.04. The summed E-state index contributed by atoms with van der Waals surface area (Å²) in [5.74, 6) is -0.677. The van der Waals surface area contributed by atoms with Gasteiger partial charge in [-0.15, -0.1) is 22.7 Å². The molecule has 98 valence electrons. The Morgan fingerprint density at radius 1 is 1.47 bits per heavy atom. The monoisotopic (exact) mass is 293 g/mol. The Morgan fingerprint density at radius 3 is 3.00 bits per heavy atom. The first-order valence-corrected chi connectivity index (χ1v) is 7.59. The highest BCUT2D eigenvalue weighted by molar-refractivity contribution is 7.28. The molecule has 0 amide bonds. The van der Waals surface area contributed by atoms with Gasteiger partial charge in [0, 0.05) is 9.40 Å². The summed E-state index contributed by atoms with van der Waals surface area (Å²) in [6.45, 7) is 1.99.